The molecule has 0 amide bonds. The second-order valence-corrected chi connectivity index (χ2v) is 5.22. The molecule has 2 aromatic carbocycles. The van der Waals surface area contributed by atoms with Gasteiger partial charge in [-0.15, -0.1) is 0 Å². The van der Waals surface area contributed by atoms with E-state index in [1.807, 2.05) is 25.1 Å². The summed E-state index contributed by atoms with van der Waals surface area (Å²) in [6.45, 7) is 2.00. The molecule has 0 radical (unpaired) electrons. The van der Waals surface area contributed by atoms with Gasteiger partial charge in [0.25, 0.3) is 0 Å². The van der Waals surface area contributed by atoms with Crippen molar-refractivity contribution in [3.05, 3.63) is 45.9 Å². The van der Waals surface area contributed by atoms with Gasteiger partial charge in [0.15, 0.2) is 0 Å². The molecule has 3 aromatic rings. The Morgan fingerprint density at radius 1 is 1.16 bits per heavy atom. The summed E-state index contributed by atoms with van der Waals surface area (Å²) in [6, 6.07) is 9.29. The SMILES string of the molecule is Cc1cccc(N)c1-c1nc2cc(Cl)c(Cl)cc2[nH]1. The minimum absolute atomic E-state index is 0.491. The Morgan fingerprint density at radius 2 is 1.89 bits per heavy atom. The number of hydrogen-bond acceptors (Lipinski definition) is 2. The minimum atomic E-state index is 0.491. The van der Waals surface area contributed by atoms with E-state index in [1.165, 1.54) is 0 Å². The lowest BCUT2D eigenvalue weighted by molar-refractivity contribution is 1.31. The Bertz CT molecular complexity index is 718. The topological polar surface area (TPSA) is 54.7 Å². The van der Waals surface area contributed by atoms with E-state index in [2.05, 4.69) is 9.97 Å². The molecule has 0 spiro atoms. The smallest absolute Gasteiger partial charge is 0.140 e. The molecule has 0 saturated carbocycles. The average Bonchev–Trinajstić information content (AvgIpc) is 2.72. The van der Waals surface area contributed by atoms with E-state index in [0.29, 0.717) is 15.7 Å². The highest BCUT2D eigenvalue weighted by atomic mass is 35.5. The third-order valence-electron chi connectivity index (χ3n) is 3.07. The number of halogens is 2. The normalized spacial score (nSPS) is 11.1. The Labute approximate surface area is 120 Å². The molecule has 19 heavy (non-hydrogen) atoms. The van der Waals surface area contributed by atoms with Gasteiger partial charge in [0.2, 0.25) is 0 Å². The number of rotatable bonds is 1. The van der Waals surface area contributed by atoms with E-state index in [1.54, 1.807) is 12.1 Å². The first kappa shape index (κ1) is 12.3. The molecule has 3 N–H and O–H groups in total. The number of nitrogens with zero attached hydrogens (tertiary/aromatic N) is 1. The third-order valence-corrected chi connectivity index (χ3v) is 3.79. The number of anilines is 1. The molecule has 1 aromatic heterocycles. The zero-order valence-corrected chi connectivity index (χ0v) is 11.7. The lowest BCUT2D eigenvalue weighted by Gasteiger charge is -2.05. The van der Waals surface area contributed by atoms with Crippen LogP contribution in [-0.4, -0.2) is 9.97 Å². The Morgan fingerprint density at radius 3 is 2.63 bits per heavy atom. The first-order chi connectivity index (χ1) is 9.06. The van der Waals surface area contributed by atoms with Crippen molar-refractivity contribution < 1.29 is 0 Å². The van der Waals surface area contributed by atoms with Crippen molar-refractivity contribution in [3.63, 3.8) is 0 Å². The van der Waals surface area contributed by atoms with Gasteiger partial charge in [-0.1, -0.05) is 35.3 Å². The lowest BCUT2D eigenvalue weighted by atomic mass is 10.1. The van der Waals surface area contributed by atoms with Crippen molar-refractivity contribution >= 4 is 39.9 Å². The second-order valence-electron chi connectivity index (χ2n) is 4.41. The second kappa shape index (κ2) is 4.44. The highest BCUT2D eigenvalue weighted by Crippen LogP contribution is 2.31. The number of aromatic nitrogens is 2. The number of hydrogen-bond donors (Lipinski definition) is 2. The largest absolute Gasteiger partial charge is 0.398 e. The molecule has 0 atom stereocenters. The van der Waals surface area contributed by atoms with Crippen LogP contribution in [0.1, 0.15) is 5.56 Å². The van der Waals surface area contributed by atoms with Crippen molar-refractivity contribution in [3.8, 4) is 11.4 Å². The number of aryl methyl sites for hydroxylation is 1. The summed E-state index contributed by atoms with van der Waals surface area (Å²) < 4.78 is 0. The Balaban J connectivity index is 2.26. The third kappa shape index (κ3) is 2.05. The number of fused-ring (bicyclic) bond motifs is 1. The van der Waals surface area contributed by atoms with Crippen LogP contribution in [0.15, 0.2) is 30.3 Å². The summed E-state index contributed by atoms with van der Waals surface area (Å²) in [7, 11) is 0. The summed E-state index contributed by atoms with van der Waals surface area (Å²) in [5, 5.41) is 0.993. The van der Waals surface area contributed by atoms with Gasteiger partial charge in [-0.05, 0) is 30.7 Å². The lowest BCUT2D eigenvalue weighted by Crippen LogP contribution is -1.93. The predicted octanol–water partition coefficient (Wildman–Crippen LogP) is 4.43. The maximum atomic E-state index is 6.02. The van der Waals surface area contributed by atoms with Crippen LogP contribution in [0, 0.1) is 6.92 Å². The fourth-order valence-electron chi connectivity index (χ4n) is 2.14. The van der Waals surface area contributed by atoms with Gasteiger partial charge in [0, 0.05) is 11.3 Å². The molecule has 0 fully saturated rings. The minimum Gasteiger partial charge on any atom is -0.398 e. The summed E-state index contributed by atoms with van der Waals surface area (Å²) >= 11 is 12.0. The van der Waals surface area contributed by atoms with Crippen LogP contribution >= 0.6 is 23.2 Å². The molecular formula is C14H11Cl2N3. The van der Waals surface area contributed by atoms with Crippen LogP contribution in [0.4, 0.5) is 5.69 Å². The molecule has 1 heterocycles. The summed E-state index contributed by atoms with van der Waals surface area (Å²) in [5.41, 5.74) is 10.3. The molecule has 5 heteroatoms. The molecule has 3 rings (SSSR count). The molecular weight excluding hydrogens is 281 g/mol. The van der Waals surface area contributed by atoms with E-state index < -0.39 is 0 Å². The van der Waals surface area contributed by atoms with Gasteiger partial charge in [-0.2, -0.15) is 0 Å². The van der Waals surface area contributed by atoms with Crippen LogP contribution in [0.3, 0.4) is 0 Å². The van der Waals surface area contributed by atoms with E-state index >= 15 is 0 Å². The van der Waals surface area contributed by atoms with Crippen LogP contribution < -0.4 is 5.73 Å². The first-order valence-electron chi connectivity index (χ1n) is 5.76. The number of nitrogens with two attached hydrogens (primary N) is 1. The summed E-state index contributed by atoms with van der Waals surface area (Å²) in [4.78, 5) is 7.76. The molecule has 0 aliphatic carbocycles. The summed E-state index contributed by atoms with van der Waals surface area (Å²) in [5.74, 6) is 0.726. The number of aromatic amines is 1. The van der Waals surface area contributed by atoms with E-state index in [9.17, 15) is 0 Å². The maximum Gasteiger partial charge on any atom is 0.140 e. The highest BCUT2D eigenvalue weighted by molar-refractivity contribution is 6.42. The van der Waals surface area contributed by atoms with Gasteiger partial charge < -0.3 is 10.7 Å². The van der Waals surface area contributed by atoms with Crippen LogP contribution in [0.25, 0.3) is 22.4 Å². The van der Waals surface area contributed by atoms with Gasteiger partial charge in [-0.3, -0.25) is 0 Å². The van der Waals surface area contributed by atoms with Crippen molar-refractivity contribution in [2.24, 2.45) is 0 Å². The monoisotopic (exact) mass is 291 g/mol. The van der Waals surface area contributed by atoms with Gasteiger partial charge >= 0.3 is 0 Å². The number of nitrogens with one attached hydrogen (secondary N) is 1. The fraction of sp³-hybridized carbons (Fsp3) is 0.0714. The van der Waals surface area contributed by atoms with Gasteiger partial charge in [0.05, 0.1) is 21.1 Å². The number of H-pyrrole nitrogens is 1. The van der Waals surface area contributed by atoms with Gasteiger partial charge in [0.1, 0.15) is 5.82 Å². The quantitative estimate of drug-likeness (QED) is 0.652. The Hall–Kier alpha value is -1.71. The predicted molar refractivity (Wildman–Crippen MR) is 80.7 cm³/mol. The highest BCUT2D eigenvalue weighted by Gasteiger charge is 2.12. The van der Waals surface area contributed by atoms with Crippen molar-refractivity contribution in [2.75, 3.05) is 5.73 Å². The molecule has 0 saturated heterocycles. The number of imidazole rings is 1. The number of benzene rings is 2. The fourth-order valence-corrected chi connectivity index (χ4v) is 2.46. The van der Waals surface area contributed by atoms with Gasteiger partial charge in [-0.25, -0.2) is 4.98 Å². The molecule has 0 aliphatic heterocycles. The van der Waals surface area contributed by atoms with E-state index in [-0.39, 0.29) is 0 Å². The maximum absolute atomic E-state index is 6.02. The van der Waals surface area contributed by atoms with Crippen molar-refractivity contribution in [2.45, 2.75) is 6.92 Å². The molecule has 0 aliphatic rings. The van der Waals surface area contributed by atoms with Crippen LogP contribution in [-0.2, 0) is 0 Å². The van der Waals surface area contributed by atoms with E-state index in [4.69, 9.17) is 28.9 Å². The first-order valence-corrected chi connectivity index (χ1v) is 6.52. The van der Waals surface area contributed by atoms with Crippen LogP contribution in [0.5, 0.6) is 0 Å². The van der Waals surface area contributed by atoms with Crippen molar-refractivity contribution in [1.82, 2.24) is 9.97 Å². The van der Waals surface area contributed by atoms with E-state index in [0.717, 1.165) is 28.0 Å². The van der Waals surface area contributed by atoms with Crippen molar-refractivity contribution in [1.29, 1.82) is 0 Å². The zero-order chi connectivity index (χ0) is 13.6. The molecule has 3 nitrogen and oxygen atoms in total. The summed E-state index contributed by atoms with van der Waals surface area (Å²) in [6.07, 6.45) is 0. The molecule has 0 bridgehead atoms. The average molecular weight is 292 g/mol. The number of nitrogen functional groups attached to an aromatic ring is 1. The Kier molecular flexibility index (Phi) is 2.88. The zero-order valence-electron chi connectivity index (χ0n) is 10.2. The molecule has 96 valence electrons. The molecule has 0 unspecified atom stereocenters. The standard InChI is InChI=1S/C14H11Cl2N3/c1-7-3-2-4-10(17)13(7)14-18-11-5-8(15)9(16)6-12(11)19-14/h2-6H,17H2,1H3,(H,18,19). The van der Waals surface area contributed by atoms with Crippen LogP contribution in [0.2, 0.25) is 10.0 Å².